The summed E-state index contributed by atoms with van der Waals surface area (Å²) in [4.78, 5) is 0. The Bertz CT molecular complexity index is 526. The van der Waals surface area contributed by atoms with E-state index in [9.17, 15) is 10.2 Å². The minimum atomic E-state index is -0.182. The second-order valence-electron chi connectivity index (χ2n) is 6.80. The molecule has 0 aliphatic rings. The summed E-state index contributed by atoms with van der Waals surface area (Å²) < 4.78 is 11.5. The number of benzene rings is 1. The molecule has 0 heterocycles. The Morgan fingerprint density at radius 2 is 1.08 bits per heavy atom. The number of ether oxygens (including phenoxy) is 2. The molecule has 1 rings (SSSR count). The van der Waals surface area contributed by atoms with Gasteiger partial charge in [0.2, 0.25) is 11.5 Å². The highest BCUT2D eigenvalue weighted by atomic mass is 16.5. The molecule has 1 aromatic carbocycles. The standard InChI is InChI=1S/C22H38O4/c1-5-9-11-13-15-17-18(16-14-12-10-6-2)21(25-7-3)22(26-8-4)20(24)19(17)23/h23-24H,5-16H2,1-4H3. The first-order valence-electron chi connectivity index (χ1n) is 10.5. The van der Waals surface area contributed by atoms with Crippen molar-refractivity contribution in [3.63, 3.8) is 0 Å². The molecule has 4 nitrogen and oxygen atoms in total. The van der Waals surface area contributed by atoms with Crippen LogP contribution < -0.4 is 9.47 Å². The Labute approximate surface area is 159 Å². The average molecular weight is 367 g/mol. The lowest BCUT2D eigenvalue weighted by molar-refractivity contribution is 0.266. The van der Waals surface area contributed by atoms with E-state index in [4.69, 9.17) is 9.47 Å². The molecule has 150 valence electrons. The highest BCUT2D eigenvalue weighted by molar-refractivity contribution is 5.66. The molecular formula is C22H38O4. The maximum atomic E-state index is 10.7. The number of aromatic hydroxyl groups is 2. The molecule has 0 aliphatic carbocycles. The maximum absolute atomic E-state index is 10.7. The summed E-state index contributed by atoms with van der Waals surface area (Å²) in [5.41, 5.74) is 1.85. The zero-order chi connectivity index (χ0) is 19.4. The third kappa shape index (κ3) is 6.30. The van der Waals surface area contributed by atoms with Crippen LogP contribution in [0, 0.1) is 0 Å². The Morgan fingerprint density at radius 3 is 1.58 bits per heavy atom. The summed E-state index contributed by atoms with van der Waals surface area (Å²) >= 11 is 0. The maximum Gasteiger partial charge on any atom is 0.207 e. The average Bonchev–Trinajstić information content (AvgIpc) is 2.64. The zero-order valence-corrected chi connectivity index (χ0v) is 17.2. The Balaban J connectivity index is 3.23. The molecule has 0 spiro atoms. The molecule has 0 saturated heterocycles. The smallest absolute Gasteiger partial charge is 0.207 e. The van der Waals surface area contributed by atoms with Crippen LogP contribution in [0.25, 0.3) is 0 Å². The highest BCUT2D eigenvalue weighted by Crippen LogP contribution is 2.49. The van der Waals surface area contributed by atoms with Crippen LogP contribution in [0.1, 0.15) is 90.2 Å². The van der Waals surface area contributed by atoms with Gasteiger partial charge in [-0.25, -0.2) is 0 Å². The molecule has 0 amide bonds. The first-order valence-corrected chi connectivity index (χ1v) is 10.5. The van der Waals surface area contributed by atoms with Crippen molar-refractivity contribution in [3.8, 4) is 23.0 Å². The summed E-state index contributed by atoms with van der Waals surface area (Å²) in [5.74, 6) is 0.693. The molecule has 26 heavy (non-hydrogen) atoms. The minimum Gasteiger partial charge on any atom is -0.504 e. The van der Waals surface area contributed by atoms with Crippen molar-refractivity contribution in [2.45, 2.75) is 91.9 Å². The molecule has 2 N–H and O–H groups in total. The number of phenolic OH excluding ortho intramolecular Hbond substituents is 2. The molecule has 0 aromatic heterocycles. The Hall–Kier alpha value is -1.58. The van der Waals surface area contributed by atoms with Crippen molar-refractivity contribution >= 4 is 0 Å². The summed E-state index contributed by atoms with van der Waals surface area (Å²) in [6.07, 6.45) is 10.7. The number of unbranched alkanes of at least 4 members (excludes halogenated alkanes) is 6. The van der Waals surface area contributed by atoms with Crippen LogP contribution in [0.3, 0.4) is 0 Å². The first kappa shape index (κ1) is 22.5. The topological polar surface area (TPSA) is 58.9 Å². The van der Waals surface area contributed by atoms with Gasteiger partial charge in [0.15, 0.2) is 11.5 Å². The van der Waals surface area contributed by atoms with Crippen molar-refractivity contribution < 1.29 is 19.7 Å². The van der Waals surface area contributed by atoms with Gasteiger partial charge in [0.1, 0.15) is 0 Å². The third-order valence-corrected chi connectivity index (χ3v) is 4.71. The first-order chi connectivity index (χ1) is 12.6. The highest BCUT2D eigenvalue weighted by Gasteiger charge is 2.25. The third-order valence-electron chi connectivity index (χ3n) is 4.71. The lowest BCUT2D eigenvalue weighted by Gasteiger charge is -2.21. The van der Waals surface area contributed by atoms with Crippen LogP contribution in [-0.2, 0) is 12.8 Å². The van der Waals surface area contributed by atoms with Crippen LogP contribution in [0.2, 0.25) is 0 Å². The summed E-state index contributed by atoms with van der Waals surface area (Å²) in [5, 5.41) is 21.2. The lowest BCUT2D eigenvalue weighted by Crippen LogP contribution is -2.06. The van der Waals surface area contributed by atoms with Gasteiger partial charge in [-0.05, 0) is 39.5 Å². The van der Waals surface area contributed by atoms with Crippen LogP contribution in [0.5, 0.6) is 23.0 Å². The molecule has 0 radical (unpaired) electrons. The van der Waals surface area contributed by atoms with E-state index in [-0.39, 0.29) is 17.2 Å². The van der Waals surface area contributed by atoms with Crippen LogP contribution in [0.4, 0.5) is 0 Å². The van der Waals surface area contributed by atoms with E-state index in [0.717, 1.165) is 49.7 Å². The van der Waals surface area contributed by atoms with Gasteiger partial charge in [-0.15, -0.1) is 0 Å². The molecule has 0 atom stereocenters. The van der Waals surface area contributed by atoms with Crippen LogP contribution >= 0.6 is 0 Å². The van der Waals surface area contributed by atoms with Crippen molar-refractivity contribution in [2.24, 2.45) is 0 Å². The molecule has 1 aromatic rings. The summed E-state index contributed by atoms with van der Waals surface area (Å²) in [6, 6.07) is 0. The normalized spacial score (nSPS) is 10.9. The molecule has 0 bridgehead atoms. The Kier molecular flexibility index (Phi) is 11.0. The van der Waals surface area contributed by atoms with Crippen molar-refractivity contribution in [1.29, 1.82) is 0 Å². The summed E-state index contributed by atoms with van der Waals surface area (Å²) in [6.45, 7) is 9.10. The molecule has 0 saturated carbocycles. The fraction of sp³-hybridized carbons (Fsp3) is 0.727. The quantitative estimate of drug-likeness (QED) is 0.307. The van der Waals surface area contributed by atoms with Gasteiger partial charge in [-0.3, -0.25) is 0 Å². The van der Waals surface area contributed by atoms with E-state index in [1.54, 1.807) is 0 Å². The van der Waals surface area contributed by atoms with Gasteiger partial charge in [0.05, 0.1) is 13.2 Å². The van der Waals surface area contributed by atoms with Gasteiger partial charge in [-0.1, -0.05) is 52.4 Å². The van der Waals surface area contributed by atoms with Crippen molar-refractivity contribution in [1.82, 2.24) is 0 Å². The summed E-state index contributed by atoms with van der Waals surface area (Å²) in [7, 11) is 0. The molecule has 0 fully saturated rings. The minimum absolute atomic E-state index is 0.0288. The number of rotatable bonds is 14. The fourth-order valence-electron chi connectivity index (χ4n) is 3.34. The second-order valence-corrected chi connectivity index (χ2v) is 6.80. The van der Waals surface area contributed by atoms with E-state index in [0.29, 0.717) is 19.0 Å². The van der Waals surface area contributed by atoms with Crippen molar-refractivity contribution in [3.05, 3.63) is 11.1 Å². The second kappa shape index (κ2) is 12.7. The number of phenols is 2. The molecular weight excluding hydrogens is 328 g/mol. The van der Waals surface area contributed by atoms with Gasteiger partial charge in [0.25, 0.3) is 0 Å². The number of hydrogen-bond donors (Lipinski definition) is 2. The molecule has 0 aliphatic heterocycles. The van der Waals surface area contributed by atoms with E-state index >= 15 is 0 Å². The monoisotopic (exact) mass is 366 g/mol. The van der Waals surface area contributed by atoms with Gasteiger partial charge in [-0.2, -0.15) is 0 Å². The zero-order valence-electron chi connectivity index (χ0n) is 17.2. The molecule has 4 heteroatoms. The van der Waals surface area contributed by atoms with Crippen LogP contribution in [-0.4, -0.2) is 23.4 Å². The fourth-order valence-corrected chi connectivity index (χ4v) is 3.34. The van der Waals surface area contributed by atoms with E-state index in [1.165, 1.54) is 25.7 Å². The van der Waals surface area contributed by atoms with E-state index in [2.05, 4.69) is 13.8 Å². The SMILES string of the molecule is CCCCCCc1c(O)c(O)c(OCC)c(OCC)c1CCCCCC. The van der Waals surface area contributed by atoms with Crippen molar-refractivity contribution in [2.75, 3.05) is 13.2 Å². The predicted octanol–water partition coefficient (Wildman–Crippen LogP) is 6.14. The van der Waals surface area contributed by atoms with Gasteiger partial charge >= 0.3 is 0 Å². The van der Waals surface area contributed by atoms with Gasteiger partial charge < -0.3 is 19.7 Å². The lowest BCUT2D eigenvalue weighted by atomic mass is 9.93. The molecule has 0 unspecified atom stereocenters. The number of hydrogen-bond acceptors (Lipinski definition) is 4. The van der Waals surface area contributed by atoms with E-state index < -0.39 is 0 Å². The predicted molar refractivity (Wildman–Crippen MR) is 108 cm³/mol. The van der Waals surface area contributed by atoms with Gasteiger partial charge in [0, 0.05) is 11.1 Å². The largest absolute Gasteiger partial charge is 0.504 e. The Morgan fingerprint density at radius 1 is 0.577 bits per heavy atom. The van der Waals surface area contributed by atoms with Crippen LogP contribution in [0.15, 0.2) is 0 Å². The van der Waals surface area contributed by atoms with E-state index in [1.807, 2.05) is 13.8 Å².